The van der Waals surface area contributed by atoms with Crippen LogP contribution in [0.2, 0.25) is 0 Å². The molecule has 0 radical (unpaired) electrons. The number of halogens is 2. The largest absolute Gasteiger partial charge is 0.497 e. The van der Waals surface area contributed by atoms with Crippen LogP contribution in [0.5, 0.6) is 5.75 Å². The Morgan fingerprint density at radius 1 is 0.688 bits per heavy atom. The zero-order chi connectivity index (χ0) is 68.6. The Morgan fingerprint density at radius 3 is 1.96 bits per heavy atom. The molecule has 4 aromatic carbocycles. The van der Waals surface area contributed by atoms with Gasteiger partial charge in [0.25, 0.3) is 0 Å². The molecule has 2 fully saturated rings. The predicted molar refractivity (Wildman–Crippen MR) is 364 cm³/mol. The number of aromatic nitrogens is 2. The lowest BCUT2D eigenvalue weighted by Gasteiger charge is -2.37. The van der Waals surface area contributed by atoms with Crippen molar-refractivity contribution in [1.82, 2.24) is 51.7 Å². The van der Waals surface area contributed by atoms with Gasteiger partial charge in [0.2, 0.25) is 47.3 Å². The van der Waals surface area contributed by atoms with Crippen molar-refractivity contribution >= 4 is 98.4 Å². The van der Waals surface area contributed by atoms with Crippen molar-refractivity contribution in [2.45, 2.75) is 157 Å². The molecule has 6 aromatic rings. The van der Waals surface area contributed by atoms with Crippen molar-refractivity contribution in [2.24, 2.45) is 11.7 Å². The van der Waals surface area contributed by atoms with E-state index in [2.05, 4.69) is 47.9 Å². The number of carbonyl (C=O) groups is 9. The van der Waals surface area contributed by atoms with Crippen LogP contribution in [0, 0.1) is 17.6 Å². The first-order valence-corrected chi connectivity index (χ1v) is 35.1. The molecule has 5 heterocycles. The van der Waals surface area contributed by atoms with Gasteiger partial charge in [-0.05, 0) is 142 Å². The van der Waals surface area contributed by atoms with Gasteiger partial charge in [-0.15, -0.1) is 0 Å². The molecule has 8 amide bonds. The van der Waals surface area contributed by atoms with E-state index < -0.39 is 107 Å². The Kier molecular flexibility index (Phi) is 25.2. The maximum atomic E-state index is 15.4. The smallest absolute Gasteiger partial charge is 0.246 e. The van der Waals surface area contributed by atoms with Gasteiger partial charge in [-0.3, -0.25) is 43.2 Å². The summed E-state index contributed by atoms with van der Waals surface area (Å²) in [5.74, 6) is -5.23. The summed E-state index contributed by atoms with van der Waals surface area (Å²) in [6, 6.07) is 14.8. The van der Waals surface area contributed by atoms with Crippen molar-refractivity contribution in [3.63, 3.8) is 0 Å². The van der Waals surface area contributed by atoms with Crippen LogP contribution in [-0.2, 0) is 73.9 Å². The maximum absolute atomic E-state index is 15.4. The number of aliphatic hydroxyl groups excluding tert-OH is 1. The summed E-state index contributed by atoms with van der Waals surface area (Å²) in [6.07, 6.45) is 3.31. The zero-order valence-corrected chi connectivity index (χ0v) is 56.2. The van der Waals surface area contributed by atoms with Crippen molar-refractivity contribution in [3.8, 4) is 5.75 Å². The Morgan fingerprint density at radius 2 is 1.31 bits per heavy atom. The quantitative estimate of drug-likeness (QED) is 0.0672. The molecule has 0 saturated carbocycles. The van der Waals surface area contributed by atoms with Gasteiger partial charge < -0.3 is 67.2 Å². The second-order valence-electron chi connectivity index (χ2n) is 25.3. The molecule has 96 heavy (non-hydrogen) atoms. The van der Waals surface area contributed by atoms with Gasteiger partial charge in [0.05, 0.1) is 19.3 Å². The summed E-state index contributed by atoms with van der Waals surface area (Å²) in [5, 5.41) is 29.2. The highest BCUT2D eigenvalue weighted by atomic mass is 32.2. The first-order valence-electron chi connectivity index (χ1n) is 32.8. The van der Waals surface area contributed by atoms with Crippen LogP contribution >= 0.6 is 23.5 Å². The number of thioether (sulfide) groups is 2. The molecule has 9 atom stereocenters. The number of H-pyrrole nitrogens is 2. The molecule has 514 valence electrons. The van der Waals surface area contributed by atoms with Crippen LogP contribution in [-0.4, -0.2) is 171 Å². The second kappa shape index (κ2) is 33.6. The topological polar surface area (TPSA) is 319 Å². The Balaban J connectivity index is 1.03. The third-order valence-corrected chi connectivity index (χ3v) is 20.3. The van der Waals surface area contributed by atoms with Crippen molar-refractivity contribution in [3.05, 3.63) is 137 Å². The van der Waals surface area contributed by atoms with Crippen LogP contribution < -0.4 is 42.4 Å². The summed E-state index contributed by atoms with van der Waals surface area (Å²) in [7, 11) is 1.51. The average molecular weight is 1360 g/mol. The van der Waals surface area contributed by atoms with Crippen molar-refractivity contribution in [1.29, 1.82) is 0 Å². The molecule has 0 spiro atoms. The van der Waals surface area contributed by atoms with E-state index in [1.807, 2.05) is 18.2 Å². The van der Waals surface area contributed by atoms with Crippen molar-refractivity contribution < 1.29 is 61.8 Å². The highest BCUT2D eigenvalue weighted by Gasteiger charge is 2.48. The number of aliphatic hydroxyl groups is 1. The van der Waals surface area contributed by atoms with Crippen molar-refractivity contribution in [2.75, 3.05) is 44.8 Å². The van der Waals surface area contributed by atoms with E-state index in [1.54, 1.807) is 67.1 Å². The minimum atomic E-state index is -1.69. The van der Waals surface area contributed by atoms with Gasteiger partial charge in [-0.2, -0.15) is 23.5 Å². The van der Waals surface area contributed by atoms with Gasteiger partial charge in [-0.1, -0.05) is 43.3 Å². The molecule has 3 aliphatic rings. The maximum Gasteiger partial charge on any atom is 0.246 e. The molecular formula is C70H87F2N11O11S2. The van der Waals surface area contributed by atoms with Gasteiger partial charge in [0.1, 0.15) is 53.1 Å². The lowest BCUT2D eigenvalue weighted by Crippen LogP contribution is -2.63. The molecular weight excluding hydrogens is 1270 g/mol. The first-order chi connectivity index (χ1) is 46.1. The number of hydrogen-bond donors (Lipinski definition) is 10. The Bertz CT molecular complexity index is 3780. The number of methoxy groups -OCH3 is 1. The SMILES string of the molecule is COc1ccc(C[C@@H]2NC(=O)[C@H]([C@H](C)O)NC(=O)[C@H]3CCCN3C(=O)[C@H](Cc3c[nH]c4ccc(F)cc34)NC(=O)[C@H](Cc3c[nH]c4ccc(F)cc34)NC(=O)[C@@H](C)CC(=O)[C@H](CCCCN)NC(=O)CCSCc3cccc(c3)CSCCNC(=O)[C@]3(C)CCCN3C2=O)cc1. The van der Waals surface area contributed by atoms with Crippen LogP contribution in [0.1, 0.15) is 106 Å². The fraction of sp³-hybridized carbons (Fsp3) is 0.471. The molecule has 9 rings (SSSR count). The molecule has 2 bridgehead atoms. The summed E-state index contributed by atoms with van der Waals surface area (Å²) >= 11 is 3.18. The number of aromatic amines is 2. The summed E-state index contributed by atoms with van der Waals surface area (Å²) in [5.41, 5.74) is 9.12. The minimum absolute atomic E-state index is 0.00957. The number of ketones is 1. The number of ether oxygens (including phenoxy) is 1. The Labute approximate surface area is 565 Å². The first kappa shape index (κ1) is 72.0. The zero-order valence-electron chi connectivity index (χ0n) is 54.6. The Hall–Kier alpha value is -8.33. The molecule has 2 aromatic heterocycles. The number of amides is 8. The van der Waals surface area contributed by atoms with Gasteiger partial charge in [0, 0.05) is 115 Å². The summed E-state index contributed by atoms with van der Waals surface area (Å²) in [4.78, 5) is 141. The van der Waals surface area contributed by atoms with E-state index in [0.29, 0.717) is 106 Å². The van der Waals surface area contributed by atoms with Crippen LogP contribution in [0.3, 0.4) is 0 Å². The highest BCUT2D eigenvalue weighted by molar-refractivity contribution is 7.98. The lowest BCUT2D eigenvalue weighted by molar-refractivity contribution is -0.147. The number of unbranched alkanes of at least 4 members (excludes halogenated alkanes) is 1. The average Bonchev–Trinajstić information content (AvgIpc) is 1.56. The normalized spacial score (nSPS) is 24.5. The second-order valence-corrected chi connectivity index (χ2v) is 27.6. The number of fused-ring (bicyclic) bond motifs is 6. The van der Waals surface area contributed by atoms with Crippen LogP contribution in [0.4, 0.5) is 8.78 Å². The van der Waals surface area contributed by atoms with Crippen LogP contribution in [0.15, 0.2) is 97.3 Å². The van der Waals surface area contributed by atoms with E-state index >= 15 is 14.4 Å². The monoisotopic (exact) mass is 1360 g/mol. The van der Waals surface area contributed by atoms with E-state index in [-0.39, 0.29) is 76.3 Å². The number of nitrogens with two attached hydrogens (primary N) is 1. The van der Waals surface area contributed by atoms with E-state index in [0.717, 1.165) is 11.1 Å². The number of Topliss-reactive ketones (excluding diaryl/α,β-unsaturated/α-hetero) is 1. The van der Waals surface area contributed by atoms with Gasteiger partial charge in [-0.25, -0.2) is 8.78 Å². The van der Waals surface area contributed by atoms with E-state index in [9.17, 15) is 42.7 Å². The molecule has 11 N–H and O–H groups in total. The van der Waals surface area contributed by atoms with Gasteiger partial charge >= 0.3 is 0 Å². The third-order valence-electron chi connectivity index (χ3n) is 18.2. The number of nitrogens with zero attached hydrogens (tertiary/aromatic N) is 2. The fourth-order valence-corrected chi connectivity index (χ4v) is 14.5. The molecule has 3 aliphatic heterocycles. The molecule has 0 unspecified atom stereocenters. The fourth-order valence-electron chi connectivity index (χ4n) is 12.8. The van der Waals surface area contributed by atoms with Gasteiger partial charge in [0.15, 0.2) is 5.78 Å². The molecule has 2 saturated heterocycles. The molecule has 0 aliphatic carbocycles. The van der Waals surface area contributed by atoms with E-state index in [1.165, 1.54) is 67.2 Å². The highest BCUT2D eigenvalue weighted by Crippen LogP contribution is 2.32. The van der Waals surface area contributed by atoms with E-state index in [4.69, 9.17) is 10.5 Å². The predicted octanol–water partition coefficient (Wildman–Crippen LogP) is 5.55. The minimum Gasteiger partial charge on any atom is -0.497 e. The summed E-state index contributed by atoms with van der Waals surface area (Å²) < 4.78 is 35.3. The number of hydrogen-bond acceptors (Lipinski definition) is 14. The summed E-state index contributed by atoms with van der Waals surface area (Å²) in [6.45, 7) is 5.35. The number of carbonyl (C=O) groups excluding carboxylic acids is 9. The number of rotatable bonds is 12. The standard InChI is InChI=1S/C70H87F2N11O11S2/c1-41-30-60(85)55(12-5-6-24-73)77-61(86)22-28-95-39-44-10-7-11-45(31-44)40-96-29-25-74-69(93)70(3)23-9-27-83(70)68(92)57(32-43-14-18-50(94-4)19-15-43)80-66(90)62(42(2)84)81-65(89)59-13-8-26-82(59)67(91)58(34-47-38-76-54-21-17-49(72)36-52(47)54)79-64(88)56(78-63(41)87)33-46-37-75-53-20-16-48(71)35-51(46)53/h7,10-11,14-21,31,35-38,41-42,55-59,62,75-76,84H,5-6,8-9,12-13,22-30,32-34,39-40,73H2,1-4H3,(H,74,93)(H,77,86)(H,78,87)(H,79,88)(H,80,90)(H,81,89)/t41-,42-,55-,56-,57-,58-,59+,62-,70-/m0/s1. The lowest BCUT2D eigenvalue weighted by atomic mass is 9.95. The number of nitrogens with one attached hydrogen (secondary N) is 8. The molecule has 22 nitrogen and oxygen atoms in total. The number of benzene rings is 4. The van der Waals surface area contributed by atoms with Crippen LogP contribution in [0.25, 0.3) is 21.8 Å². The molecule has 26 heteroatoms. The third kappa shape index (κ3) is 18.4.